The van der Waals surface area contributed by atoms with Gasteiger partial charge in [-0.05, 0) is 61.6 Å². The molecule has 0 amide bonds. The molecule has 1 aliphatic carbocycles. The molecule has 1 saturated carbocycles. The molecule has 0 heterocycles. The first-order valence-corrected chi connectivity index (χ1v) is 12.8. The van der Waals surface area contributed by atoms with Crippen LogP contribution in [0.25, 0.3) is 0 Å². The summed E-state index contributed by atoms with van der Waals surface area (Å²) < 4.78 is 10.6. The summed E-state index contributed by atoms with van der Waals surface area (Å²) in [5.41, 5.74) is 3.66. The zero-order chi connectivity index (χ0) is 25.2. The van der Waals surface area contributed by atoms with Crippen molar-refractivity contribution in [2.75, 3.05) is 20.8 Å². The molecular weight excluding hydrogens is 440 g/mol. The van der Waals surface area contributed by atoms with E-state index < -0.39 is 0 Å². The molecule has 0 unspecified atom stereocenters. The van der Waals surface area contributed by atoms with Gasteiger partial charge in [0.15, 0.2) is 23.0 Å². The molecule has 6 heteroatoms. The van der Waals surface area contributed by atoms with Crippen LogP contribution in [-0.4, -0.2) is 48.0 Å². The van der Waals surface area contributed by atoms with Gasteiger partial charge in [-0.15, -0.1) is 0 Å². The summed E-state index contributed by atoms with van der Waals surface area (Å²) in [5, 5.41) is 23.8. The Balaban J connectivity index is 1.79. The average molecular weight is 483 g/mol. The maximum atomic E-state index is 10.0. The Hall–Kier alpha value is -2.70. The van der Waals surface area contributed by atoms with E-state index in [0.29, 0.717) is 23.6 Å². The lowest BCUT2D eigenvalue weighted by Crippen LogP contribution is -2.51. The van der Waals surface area contributed by atoms with E-state index >= 15 is 0 Å². The highest BCUT2D eigenvalue weighted by Crippen LogP contribution is 2.30. The van der Waals surface area contributed by atoms with Crippen LogP contribution in [0.2, 0.25) is 0 Å². The molecule has 0 bridgehead atoms. The minimum Gasteiger partial charge on any atom is -0.504 e. The first kappa shape index (κ1) is 26.9. The number of phenolic OH excluding ortho intramolecular Hbond substituents is 2. The molecule has 3 rings (SSSR count). The van der Waals surface area contributed by atoms with E-state index in [9.17, 15) is 10.2 Å². The molecule has 2 atom stereocenters. The molecule has 2 aromatic carbocycles. The van der Waals surface area contributed by atoms with Gasteiger partial charge in [0.25, 0.3) is 0 Å². The summed E-state index contributed by atoms with van der Waals surface area (Å²) >= 11 is 0. The third-order valence-corrected chi connectivity index (χ3v) is 6.96. The Bertz CT molecular complexity index is 975. The molecule has 3 N–H and O–H groups in total. The summed E-state index contributed by atoms with van der Waals surface area (Å²) in [5.74, 6) is 1.35. The lowest BCUT2D eigenvalue weighted by atomic mass is 9.88. The van der Waals surface area contributed by atoms with Crippen molar-refractivity contribution in [3.63, 3.8) is 0 Å². The molecule has 2 aromatic rings. The number of aromatic hydroxyl groups is 2. The second-order valence-corrected chi connectivity index (χ2v) is 9.58. The number of ether oxygens (including phenoxy) is 2. The van der Waals surface area contributed by atoms with E-state index in [1.165, 1.54) is 18.4 Å². The smallest absolute Gasteiger partial charge is 0.160 e. The lowest BCUT2D eigenvalue weighted by Gasteiger charge is -2.40. The van der Waals surface area contributed by atoms with Crippen molar-refractivity contribution in [2.45, 2.75) is 77.5 Å². The van der Waals surface area contributed by atoms with Crippen molar-refractivity contribution in [1.82, 2.24) is 10.2 Å². The molecule has 0 radical (unpaired) electrons. The predicted octanol–water partition coefficient (Wildman–Crippen LogP) is 5.76. The van der Waals surface area contributed by atoms with Gasteiger partial charge >= 0.3 is 0 Å². The van der Waals surface area contributed by atoms with E-state index in [2.05, 4.69) is 30.1 Å². The van der Waals surface area contributed by atoms with Gasteiger partial charge < -0.3 is 25.0 Å². The number of methoxy groups -OCH3 is 2. The fourth-order valence-corrected chi connectivity index (χ4v) is 5.01. The molecule has 192 valence electrons. The Morgan fingerprint density at radius 2 is 1.63 bits per heavy atom. The Labute approximate surface area is 210 Å². The maximum Gasteiger partial charge on any atom is 0.160 e. The second-order valence-electron chi connectivity index (χ2n) is 9.58. The second kappa shape index (κ2) is 13.4. The van der Waals surface area contributed by atoms with Gasteiger partial charge in [0.1, 0.15) is 0 Å². The minimum absolute atomic E-state index is 0.163. The van der Waals surface area contributed by atoms with Crippen molar-refractivity contribution in [1.29, 1.82) is 0 Å². The van der Waals surface area contributed by atoms with Crippen LogP contribution >= 0.6 is 0 Å². The van der Waals surface area contributed by atoms with Crippen LogP contribution < -0.4 is 14.8 Å². The number of benzene rings is 2. The van der Waals surface area contributed by atoms with Gasteiger partial charge in [0, 0.05) is 31.7 Å². The number of allylic oxidation sites excluding steroid dienone is 1. The fraction of sp³-hybridized carbons (Fsp3) is 0.517. The number of rotatable bonds is 12. The first-order chi connectivity index (χ1) is 16.9. The predicted molar refractivity (Wildman–Crippen MR) is 141 cm³/mol. The Morgan fingerprint density at radius 3 is 2.29 bits per heavy atom. The quantitative estimate of drug-likeness (QED) is 0.334. The fourth-order valence-electron chi connectivity index (χ4n) is 5.01. The summed E-state index contributed by atoms with van der Waals surface area (Å²) in [7, 11) is 3.17. The molecule has 0 aliphatic heterocycles. The first-order valence-electron chi connectivity index (χ1n) is 12.8. The largest absolute Gasteiger partial charge is 0.504 e. The number of nitrogens with one attached hydrogen (secondary N) is 1. The number of hydrogen-bond acceptors (Lipinski definition) is 6. The van der Waals surface area contributed by atoms with E-state index in [-0.39, 0.29) is 11.5 Å². The summed E-state index contributed by atoms with van der Waals surface area (Å²) in [4.78, 5) is 2.57. The maximum absolute atomic E-state index is 10.0. The summed E-state index contributed by atoms with van der Waals surface area (Å²) in [6, 6.07) is 12.0. The third-order valence-electron chi connectivity index (χ3n) is 6.96. The molecule has 0 saturated heterocycles. The van der Waals surface area contributed by atoms with Gasteiger partial charge in [-0.1, -0.05) is 50.0 Å². The standard InChI is InChI=1S/C29H42N2O4/c1-5-8-21(2)15-16-31(20-23-12-14-27(33)29(18-23)35-4)25-10-7-6-9-24(25)30-19-22-11-13-26(32)28(17-22)34-3/h11-15,17-18,24-25,30,32-33H,5-10,16,19-20H2,1-4H3/b21-15+/t24-,25-/m1/s1. The van der Waals surface area contributed by atoms with E-state index in [0.717, 1.165) is 56.4 Å². The molecule has 1 aliphatic rings. The molecule has 0 aromatic heterocycles. The van der Waals surface area contributed by atoms with E-state index in [4.69, 9.17) is 9.47 Å². The number of phenols is 2. The van der Waals surface area contributed by atoms with Gasteiger partial charge in [0.2, 0.25) is 0 Å². The highest BCUT2D eigenvalue weighted by atomic mass is 16.5. The van der Waals surface area contributed by atoms with Crippen LogP contribution in [-0.2, 0) is 13.1 Å². The molecule has 0 spiro atoms. The lowest BCUT2D eigenvalue weighted by molar-refractivity contribution is 0.126. The average Bonchev–Trinajstić information content (AvgIpc) is 2.87. The monoisotopic (exact) mass is 482 g/mol. The van der Waals surface area contributed by atoms with Crippen LogP contribution in [0.4, 0.5) is 0 Å². The SMILES string of the molecule is CCC/C(C)=C/CN(Cc1ccc(O)c(OC)c1)[C@@H]1CCCC[C@H]1NCc1ccc(O)c(OC)c1. The van der Waals surface area contributed by atoms with Crippen molar-refractivity contribution in [3.8, 4) is 23.0 Å². The summed E-state index contributed by atoms with van der Waals surface area (Å²) in [6.07, 6.45) is 9.37. The molecule has 6 nitrogen and oxygen atoms in total. The summed E-state index contributed by atoms with van der Waals surface area (Å²) in [6.45, 7) is 6.86. The topological polar surface area (TPSA) is 74.2 Å². The minimum atomic E-state index is 0.163. The highest BCUT2D eigenvalue weighted by molar-refractivity contribution is 5.42. The molecule has 1 fully saturated rings. The van der Waals surface area contributed by atoms with Gasteiger partial charge in [0.05, 0.1) is 14.2 Å². The third kappa shape index (κ3) is 7.64. The van der Waals surface area contributed by atoms with Gasteiger partial charge in [-0.3, -0.25) is 4.90 Å². The zero-order valence-corrected chi connectivity index (χ0v) is 21.7. The van der Waals surface area contributed by atoms with Crippen molar-refractivity contribution >= 4 is 0 Å². The highest BCUT2D eigenvalue weighted by Gasteiger charge is 2.30. The van der Waals surface area contributed by atoms with Crippen LogP contribution in [0.1, 0.15) is 63.5 Å². The van der Waals surface area contributed by atoms with Gasteiger partial charge in [-0.25, -0.2) is 0 Å². The molecular formula is C29H42N2O4. The van der Waals surface area contributed by atoms with Crippen LogP contribution in [0.15, 0.2) is 48.0 Å². The van der Waals surface area contributed by atoms with Crippen molar-refractivity contribution < 1.29 is 19.7 Å². The van der Waals surface area contributed by atoms with Gasteiger partial charge in [-0.2, -0.15) is 0 Å². The molecule has 35 heavy (non-hydrogen) atoms. The normalized spacial score (nSPS) is 18.6. The van der Waals surface area contributed by atoms with E-state index in [1.807, 2.05) is 24.3 Å². The van der Waals surface area contributed by atoms with Crippen LogP contribution in [0.3, 0.4) is 0 Å². The Kier molecular flexibility index (Phi) is 10.3. The van der Waals surface area contributed by atoms with Crippen LogP contribution in [0.5, 0.6) is 23.0 Å². The zero-order valence-electron chi connectivity index (χ0n) is 21.7. The van der Waals surface area contributed by atoms with Crippen LogP contribution in [0, 0.1) is 0 Å². The van der Waals surface area contributed by atoms with Crippen molar-refractivity contribution in [3.05, 3.63) is 59.2 Å². The van der Waals surface area contributed by atoms with Crippen molar-refractivity contribution in [2.24, 2.45) is 0 Å². The number of hydrogen-bond donors (Lipinski definition) is 3. The Morgan fingerprint density at radius 1 is 1.00 bits per heavy atom. The van der Waals surface area contributed by atoms with E-state index in [1.54, 1.807) is 26.4 Å². The number of nitrogens with zero attached hydrogens (tertiary/aromatic N) is 1.